The fourth-order valence-electron chi connectivity index (χ4n) is 2.19. The topological polar surface area (TPSA) is 58.6 Å². The van der Waals surface area contributed by atoms with Gasteiger partial charge in [-0.2, -0.15) is 26.3 Å². The molecular weight excluding hydrogens is 481 g/mol. The van der Waals surface area contributed by atoms with Gasteiger partial charge in [0.25, 0.3) is 0 Å². The molecule has 0 bridgehead atoms. The van der Waals surface area contributed by atoms with Gasteiger partial charge in [0.2, 0.25) is 0 Å². The van der Waals surface area contributed by atoms with Crippen molar-refractivity contribution < 1.29 is 40.2 Å². The zero-order valence-corrected chi connectivity index (χ0v) is 18.4. The highest BCUT2D eigenvalue weighted by Gasteiger charge is 2.38. The number of nitrogens with zero attached hydrogens (tertiary/aromatic N) is 1. The molecule has 0 aromatic heterocycles. The van der Waals surface area contributed by atoms with Crippen LogP contribution in [0.2, 0.25) is 0 Å². The van der Waals surface area contributed by atoms with Gasteiger partial charge < -0.3 is 4.52 Å². The number of anilines is 1. The molecule has 5 nitrogen and oxygen atoms in total. The van der Waals surface area contributed by atoms with E-state index in [-0.39, 0.29) is 18.6 Å². The van der Waals surface area contributed by atoms with Crippen LogP contribution in [0, 0.1) is 0 Å². The first-order valence-electron chi connectivity index (χ1n) is 8.61. The van der Waals surface area contributed by atoms with Gasteiger partial charge in [-0.25, -0.2) is 4.79 Å². The molecule has 0 radical (unpaired) electrons. The molecule has 0 heterocycles. The van der Waals surface area contributed by atoms with Gasteiger partial charge in [0, 0.05) is 23.9 Å². The van der Waals surface area contributed by atoms with Crippen LogP contribution in [0.5, 0.6) is 0 Å². The lowest BCUT2D eigenvalue weighted by Crippen LogP contribution is -2.40. The molecule has 14 heteroatoms. The second-order valence-electron chi connectivity index (χ2n) is 5.77. The van der Waals surface area contributed by atoms with E-state index in [1.54, 1.807) is 6.92 Å². The molecule has 172 valence electrons. The molecule has 2 amide bonds. The SMILES string of the molecule is CCCSP(=O)(NC(=O)N(CCCl)c1cc(C(F)(F)F)cc(C(F)(F)F)c1)OCC. The summed E-state index contributed by atoms with van der Waals surface area (Å²) in [5.41, 5.74) is -3.88. The smallest absolute Gasteiger partial charge is 0.306 e. The third-order valence-electron chi connectivity index (χ3n) is 3.43. The number of urea groups is 1. The summed E-state index contributed by atoms with van der Waals surface area (Å²) >= 11 is 6.40. The largest absolute Gasteiger partial charge is 0.416 e. The van der Waals surface area contributed by atoms with Crippen LogP contribution in [0.4, 0.5) is 36.8 Å². The monoisotopic (exact) mass is 500 g/mol. The summed E-state index contributed by atoms with van der Waals surface area (Å²) in [6, 6.07) is -0.454. The lowest BCUT2D eigenvalue weighted by Gasteiger charge is -2.27. The maximum absolute atomic E-state index is 13.1. The van der Waals surface area contributed by atoms with Crippen LogP contribution in [0.25, 0.3) is 0 Å². The number of amides is 2. The van der Waals surface area contributed by atoms with Crippen molar-refractivity contribution in [2.24, 2.45) is 0 Å². The molecule has 1 aromatic carbocycles. The van der Waals surface area contributed by atoms with Crippen molar-refractivity contribution in [1.29, 1.82) is 0 Å². The van der Waals surface area contributed by atoms with E-state index < -0.39 is 48.5 Å². The minimum absolute atomic E-state index is 0.0362. The molecule has 0 aliphatic carbocycles. The number of halogens is 7. The number of benzene rings is 1. The quantitative estimate of drug-likeness (QED) is 0.231. The first-order valence-corrected chi connectivity index (χ1v) is 12.4. The zero-order valence-electron chi connectivity index (χ0n) is 15.9. The molecular formula is C16H20ClF6N2O3PS. The van der Waals surface area contributed by atoms with Crippen molar-refractivity contribution in [1.82, 2.24) is 5.09 Å². The van der Waals surface area contributed by atoms with E-state index in [4.69, 9.17) is 16.1 Å². The first kappa shape index (κ1) is 26.9. The highest BCUT2D eigenvalue weighted by molar-refractivity contribution is 8.56. The van der Waals surface area contributed by atoms with Crippen LogP contribution in [-0.2, 0) is 21.4 Å². The molecule has 30 heavy (non-hydrogen) atoms. The third-order valence-corrected chi connectivity index (χ3v) is 7.75. The molecule has 0 saturated carbocycles. The highest BCUT2D eigenvalue weighted by atomic mass is 35.5. The maximum atomic E-state index is 13.1. The molecule has 1 aromatic rings. The molecule has 1 atom stereocenters. The van der Waals surface area contributed by atoms with E-state index in [1.165, 1.54) is 6.92 Å². The third kappa shape index (κ3) is 7.86. The van der Waals surface area contributed by atoms with Crippen molar-refractivity contribution in [2.45, 2.75) is 32.6 Å². The van der Waals surface area contributed by atoms with Crippen LogP contribution >= 0.6 is 29.7 Å². The summed E-state index contributed by atoms with van der Waals surface area (Å²) in [7, 11) is 0. The average molecular weight is 501 g/mol. The Hall–Kier alpha value is -1.10. The van der Waals surface area contributed by atoms with E-state index in [0.717, 1.165) is 11.4 Å². The summed E-state index contributed by atoms with van der Waals surface area (Å²) in [6.07, 6.45) is -9.58. The van der Waals surface area contributed by atoms with Gasteiger partial charge in [-0.1, -0.05) is 6.92 Å². The molecule has 1 N–H and O–H groups in total. The Morgan fingerprint density at radius 2 is 1.67 bits per heavy atom. The van der Waals surface area contributed by atoms with Crippen LogP contribution in [-0.4, -0.2) is 30.8 Å². The van der Waals surface area contributed by atoms with Crippen LogP contribution in [0.3, 0.4) is 0 Å². The predicted octanol–water partition coefficient (Wildman–Crippen LogP) is 6.77. The number of alkyl halides is 7. The molecule has 1 unspecified atom stereocenters. The van der Waals surface area contributed by atoms with Gasteiger partial charge in [0.1, 0.15) is 0 Å². The van der Waals surface area contributed by atoms with Crippen molar-refractivity contribution in [3.05, 3.63) is 29.3 Å². The normalized spacial score (nSPS) is 14.3. The van der Waals surface area contributed by atoms with Crippen molar-refractivity contribution in [3.8, 4) is 0 Å². The number of rotatable bonds is 9. The molecule has 0 saturated heterocycles. The second kappa shape index (κ2) is 11.0. The fourth-order valence-corrected chi connectivity index (χ4v) is 5.91. The number of carbonyl (C=O) groups is 1. The van der Waals surface area contributed by atoms with E-state index in [2.05, 4.69) is 5.09 Å². The van der Waals surface area contributed by atoms with Crippen LogP contribution in [0.15, 0.2) is 18.2 Å². The summed E-state index contributed by atoms with van der Waals surface area (Å²) in [5, 5.41) is 2.09. The average Bonchev–Trinajstić information content (AvgIpc) is 2.62. The summed E-state index contributed by atoms with van der Waals surface area (Å²) in [4.78, 5) is 13.2. The Morgan fingerprint density at radius 1 is 1.13 bits per heavy atom. The van der Waals surface area contributed by atoms with E-state index in [0.29, 0.717) is 29.2 Å². The Labute approximate surface area is 178 Å². The van der Waals surface area contributed by atoms with Gasteiger partial charge in [-0.05, 0) is 42.9 Å². The molecule has 1 rings (SSSR count). The second-order valence-corrected chi connectivity index (χ2v) is 10.5. The Balaban J connectivity index is 3.40. The van der Waals surface area contributed by atoms with Gasteiger partial charge >= 0.3 is 25.1 Å². The van der Waals surface area contributed by atoms with Crippen molar-refractivity contribution in [2.75, 3.05) is 29.7 Å². The Bertz CT molecular complexity index is 746. The predicted molar refractivity (Wildman–Crippen MR) is 105 cm³/mol. The van der Waals surface area contributed by atoms with Gasteiger partial charge in [0.05, 0.1) is 17.7 Å². The molecule has 0 spiro atoms. The van der Waals surface area contributed by atoms with E-state index >= 15 is 0 Å². The van der Waals surface area contributed by atoms with Crippen molar-refractivity contribution in [3.63, 3.8) is 0 Å². The number of carbonyl (C=O) groups excluding carboxylic acids is 1. The molecule has 0 aliphatic heterocycles. The zero-order chi connectivity index (χ0) is 23.2. The highest BCUT2D eigenvalue weighted by Crippen LogP contribution is 2.56. The number of hydrogen-bond acceptors (Lipinski definition) is 4. The summed E-state index contributed by atoms with van der Waals surface area (Å²) in [5.74, 6) is 0.0426. The van der Waals surface area contributed by atoms with Gasteiger partial charge in [0.15, 0.2) is 0 Å². The van der Waals surface area contributed by atoms with Crippen molar-refractivity contribution >= 4 is 41.4 Å². The van der Waals surface area contributed by atoms with E-state index in [9.17, 15) is 35.7 Å². The molecule has 0 fully saturated rings. The summed E-state index contributed by atoms with van der Waals surface area (Å²) < 4.78 is 96.6. The molecule has 0 aliphatic rings. The lowest BCUT2D eigenvalue weighted by atomic mass is 10.1. The van der Waals surface area contributed by atoms with E-state index in [1.807, 2.05) is 0 Å². The lowest BCUT2D eigenvalue weighted by molar-refractivity contribution is -0.143. The fraction of sp³-hybridized carbons (Fsp3) is 0.562. The minimum Gasteiger partial charge on any atom is -0.306 e. The van der Waals surface area contributed by atoms with Gasteiger partial charge in [-0.15, -0.1) is 11.6 Å². The number of hydrogen-bond donors (Lipinski definition) is 1. The first-order chi connectivity index (χ1) is 13.8. The summed E-state index contributed by atoms with van der Waals surface area (Å²) in [6.45, 7) is -0.959. The number of nitrogens with one attached hydrogen (secondary N) is 1. The minimum atomic E-state index is -5.09. The Morgan fingerprint density at radius 3 is 2.07 bits per heavy atom. The van der Waals surface area contributed by atoms with Gasteiger partial charge in [-0.3, -0.25) is 14.6 Å². The van der Waals surface area contributed by atoms with Crippen LogP contribution < -0.4 is 9.99 Å². The maximum Gasteiger partial charge on any atom is 0.416 e. The Kier molecular flexibility index (Phi) is 9.85. The van der Waals surface area contributed by atoms with Crippen LogP contribution in [0.1, 0.15) is 31.4 Å². The standard InChI is InChI=1S/C16H20ClF6N2O3PS/c1-3-7-30-29(27,28-4-2)24-14(26)25(6-5-17)13-9-11(15(18,19)20)8-12(10-13)16(21,22)23/h8-10H,3-7H2,1-2H3,(H,24,26,27).